The van der Waals surface area contributed by atoms with Crippen molar-refractivity contribution in [2.75, 3.05) is 27.4 Å². The van der Waals surface area contributed by atoms with Crippen LogP contribution in [0.25, 0.3) is 16.6 Å². The van der Waals surface area contributed by atoms with E-state index in [1.54, 1.807) is 19.9 Å². The lowest BCUT2D eigenvalue weighted by Gasteiger charge is -2.30. The van der Waals surface area contributed by atoms with Crippen molar-refractivity contribution in [3.8, 4) is 5.75 Å². The number of aliphatic carboxylic acids is 1. The molecule has 3 rings (SSSR count). The molecule has 0 aliphatic rings. The van der Waals surface area contributed by atoms with Crippen LogP contribution in [0.5, 0.6) is 5.75 Å². The van der Waals surface area contributed by atoms with Gasteiger partial charge in [0.15, 0.2) is 23.2 Å². The number of nitrogens with zero attached hydrogens (tertiary/aromatic N) is 1. The molecule has 0 spiro atoms. The number of carbonyl (C=O) groups excluding carboxylic acids is 5. The van der Waals surface area contributed by atoms with Gasteiger partial charge in [-0.2, -0.15) is 0 Å². The minimum absolute atomic E-state index is 0.0839. The van der Waals surface area contributed by atoms with Crippen molar-refractivity contribution in [3.63, 3.8) is 0 Å². The van der Waals surface area contributed by atoms with Crippen LogP contribution in [-0.2, 0) is 38.2 Å². The number of aliphatic hydroxyl groups is 1. The molecule has 17 nitrogen and oxygen atoms in total. The Morgan fingerprint density at radius 2 is 1.31 bits per heavy atom. The molecule has 1 aromatic heterocycles. The summed E-state index contributed by atoms with van der Waals surface area (Å²) in [4.78, 5) is 81.8. The van der Waals surface area contributed by atoms with E-state index < -0.39 is 116 Å². The third-order valence-corrected chi connectivity index (χ3v) is 9.39. The Morgan fingerprint density at radius 1 is 0.726 bits per heavy atom. The topological polar surface area (TPSA) is 244 Å². The number of hydrogen-bond donors (Lipinski definition) is 7. The molecule has 2 aromatic carbocycles. The third-order valence-electron chi connectivity index (χ3n) is 9.39. The number of Topliss-reactive ketones (excluding diaryl/α,β-unsaturated/α-hetero) is 1. The van der Waals surface area contributed by atoms with Gasteiger partial charge < -0.3 is 51.0 Å². The van der Waals surface area contributed by atoms with Gasteiger partial charge in [0.05, 0.1) is 68.7 Å². The highest BCUT2D eigenvalue weighted by atomic mass is 19.1. The van der Waals surface area contributed by atoms with Gasteiger partial charge in [0.2, 0.25) is 11.8 Å². The minimum atomic E-state index is -1.48. The van der Waals surface area contributed by atoms with E-state index in [0.717, 1.165) is 37.8 Å². The fraction of sp³-hybridized carbons (Fsp3) is 0.372. The molecule has 0 radical (unpaired) electrons. The maximum absolute atomic E-state index is 14.1. The van der Waals surface area contributed by atoms with E-state index in [9.17, 15) is 47.8 Å². The van der Waals surface area contributed by atoms with E-state index in [2.05, 4.69) is 56.0 Å². The monoisotopic (exact) mass is 866 g/mol. The number of benzene rings is 2. The summed E-state index contributed by atoms with van der Waals surface area (Å²) in [5.41, 5.74) is 1.25. The van der Waals surface area contributed by atoms with Crippen LogP contribution in [0.1, 0.15) is 45.2 Å². The van der Waals surface area contributed by atoms with Crippen LogP contribution >= 0.6 is 0 Å². The van der Waals surface area contributed by atoms with Crippen LogP contribution in [0.15, 0.2) is 85.7 Å². The summed E-state index contributed by atoms with van der Waals surface area (Å²) in [6.45, 7) is 13.6. The van der Waals surface area contributed by atoms with Crippen LogP contribution in [0.2, 0.25) is 0 Å². The number of pyridine rings is 1. The number of methoxy groups -OCH3 is 2. The fourth-order valence-corrected chi connectivity index (χ4v) is 5.86. The quantitative estimate of drug-likeness (QED) is 0.0574. The lowest BCUT2D eigenvalue weighted by Crippen LogP contribution is -2.55. The van der Waals surface area contributed by atoms with Crippen molar-refractivity contribution >= 4 is 52.1 Å². The summed E-state index contributed by atoms with van der Waals surface area (Å²) < 4.78 is 42.8. The van der Waals surface area contributed by atoms with Gasteiger partial charge in [-0.15, -0.1) is 0 Å². The van der Waals surface area contributed by atoms with Crippen LogP contribution in [0.4, 0.5) is 8.78 Å². The second kappa shape index (κ2) is 23.8. The standard InChI is InChI=1S/C43H52F2N6O11/c1-23(2)40(48-24(3)30-16-15-27-11-8-9-14-31(27)49-30)43(59)50-33(19-38(56)60-6)25(4)46-32(17-18-37(54)55)42(58)51-35(21-52)26(5)47-34(20-39(57)61-7)36(53)22-62-41-28(44)12-10-13-29(41)45/h8-16,23,32-35,40,46-48,52H,3-5,17-22H2,1-2,6-7H3,(H,50,59)(H,51,58)(H,54,55)/t32?,33-,34?,35-,40?/m0/s1. The number of ketones is 1. The van der Waals surface area contributed by atoms with Gasteiger partial charge >= 0.3 is 17.9 Å². The van der Waals surface area contributed by atoms with Crippen molar-refractivity contribution in [3.05, 3.63) is 103 Å². The smallest absolute Gasteiger partial charge is 0.308 e. The Balaban J connectivity index is 1.78. The van der Waals surface area contributed by atoms with Gasteiger partial charge in [0, 0.05) is 23.2 Å². The number of rotatable bonds is 26. The van der Waals surface area contributed by atoms with Gasteiger partial charge in [-0.05, 0) is 36.6 Å². The first-order chi connectivity index (χ1) is 29.4. The average molecular weight is 867 g/mol. The van der Waals surface area contributed by atoms with Gasteiger partial charge in [0.1, 0.15) is 18.7 Å². The second-order valence-electron chi connectivity index (χ2n) is 14.3. The largest absolute Gasteiger partial charge is 0.481 e. The summed E-state index contributed by atoms with van der Waals surface area (Å²) in [6, 6.07) is 7.60. The number of aromatic nitrogens is 1. The molecule has 7 N–H and O–H groups in total. The van der Waals surface area contributed by atoms with Crippen molar-refractivity contribution in [1.29, 1.82) is 0 Å². The van der Waals surface area contributed by atoms with E-state index in [1.165, 1.54) is 0 Å². The summed E-state index contributed by atoms with van der Waals surface area (Å²) in [5, 5.41) is 34.4. The number of hydrogen-bond acceptors (Lipinski definition) is 14. The number of carboxylic acid groups (broad SMARTS) is 1. The zero-order chi connectivity index (χ0) is 46.1. The molecular formula is C43H52F2N6O11. The highest BCUT2D eigenvalue weighted by Crippen LogP contribution is 2.21. The van der Waals surface area contributed by atoms with Gasteiger partial charge in [-0.3, -0.25) is 28.8 Å². The molecule has 0 bridgehead atoms. The number of nitrogens with one attached hydrogen (secondary N) is 5. The molecule has 19 heteroatoms. The Labute approximate surface area is 357 Å². The van der Waals surface area contributed by atoms with Crippen LogP contribution < -0.4 is 31.3 Å². The molecular weight excluding hydrogens is 814 g/mol. The molecule has 3 unspecified atom stereocenters. The molecule has 1 heterocycles. The van der Waals surface area contributed by atoms with Crippen molar-refractivity contribution < 1.29 is 62.0 Å². The minimum Gasteiger partial charge on any atom is -0.481 e. The summed E-state index contributed by atoms with van der Waals surface area (Å²) in [7, 11) is 2.19. The first-order valence-electron chi connectivity index (χ1n) is 19.3. The third kappa shape index (κ3) is 14.7. The molecule has 62 heavy (non-hydrogen) atoms. The average Bonchev–Trinajstić information content (AvgIpc) is 3.24. The molecule has 334 valence electrons. The van der Waals surface area contributed by atoms with E-state index in [-0.39, 0.29) is 23.7 Å². The van der Waals surface area contributed by atoms with Crippen molar-refractivity contribution in [2.24, 2.45) is 5.92 Å². The highest BCUT2D eigenvalue weighted by Gasteiger charge is 2.32. The number of para-hydroxylation sites is 2. The zero-order valence-corrected chi connectivity index (χ0v) is 34.8. The maximum atomic E-state index is 14.1. The first kappa shape index (κ1) is 49.5. The van der Waals surface area contributed by atoms with Crippen LogP contribution in [-0.4, -0.2) is 108 Å². The predicted octanol–water partition coefficient (Wildman–Crippen LogP) is 2.64. The van der Waals surface area contributed by atoms with Gasteiger partial charge in [-0.25, -0.2) is 13.8 Å². The SMILES string of the molecule is C=C(NC(C(=O)N[C@@H](CC(=O)OC)C(=C)NC(CCC(=O)O)C(=O)N[C@@H](CO)C(=C)NC(CC(=O)OC)C(=O)COc1c(F)cccc1F)C(C)C)c1ccc2ccccc2n1. The Bertz CT molecular complexity index is 2130. The lowest BCUT2D eigenvalue weighted by atomic mass is 10.0. The van der Waals surface area contributed by atoms with Gasteiger partial charge in [-0.1, -0.05) is 63.9 Å². The number of carbonyl (C=O) groups is 6. The van der Waals surface area contributed by atoms with E-state index >= 15 is 0 Å². The molecule has 3 aromatic rings. The highest BCUT2D eigenvalue weighted by molar-refractivity contribution is 5.90. The molecule has 0 fully saturated rings. The molecule has 5 atom stereocenters. The van der Waals surface area contributed by atoms with E-state index in [0.29, 0.717) is 16.9 Å². The van der Waals surface area contributed by atoms with Crippen LogP contribution in [0, 0.1) is 17.6 Å². The maximum Gasteiger partial charge on any atom is 0.308 e. The molecule has 0 aliphatic heterocycles. The number of fused-ring (bicyclic) bond motifs is 1. The van der Waals surface area contributed by atoms with Crippen LogP contribution in [0.3, 0.4) is 0 Å². The number of carboxylic acids is 1. The summed E-state index contributed by atoms with van der Waals surface area (Å²) in [5.74, 6) is -8.61. The number of esters is 2. The molecule has 0 saturated carbocycles. The number of amides is 2. The molecule has 0 aliphatic carbocycles. The van der Waals surface area contributed by atoms with E-state index in [1.807, 2.05) is 30.3 Å². The first-order valence-corrected chi connectivity index (χ1v) is 19.3. The van der Waals surface area contributed by atoms with Gasteiger partial charge in [0.25, 0.3) is 0 Å². The Morgan fingerprint density at radius 3 is 1.90 bits per heavy atom. The molecule has 2 amide bonds. The molecule has 0 saturated heterocycles. The lowest BCUT2D eigenvalue weighted by molar-refractivity contribution is -0.143. The summed E-state index contributed by atoms with van der Waals surface area (Å²) in [6.07, 6.45) is -1.99. The zero-order valence-electron chi connectivity index (χ0n) is 34.8. The van der Waals surface area contributed by atoms with E-state index in [4.69, 9.17) is 9.47 Å². The predicted molar refractivity (Wildman–Crippen MR) is 223 cm³/mol. The number of ether oxygens (including phenoxy) is 3. The van der Waals surface area contributed by atoms with Crippen molar-refractivity contribution in [2.45, 2.75) is 69.7 Å². The second-order valence-corrected chi connectivity index (χ2v) is 14.3. The Hall–Kier alpha value is -6.89. The normalized spacial score (nSPS) is 13.3. The van der Waals surface area contributed by atoms with Crippen molar-refractivity contribution in [1.82, 2.24) is 31.6 Å². The fourth-order valence-electron chi connectivity index (χ4n) is 5.86. The number of aliphatic hydroxyl groups excluding tert-OH is 1. The summed E-state index contributed by atoms with van der Waals surface area (Å²) >= 11 is 0. The number of halogens is 2. The Kier molecular flexibility index (Phi) is 19.0.